The Bertz CT molecular complexity index is 495. The molecule has 17 heavy (non-hydrogen) atoms. The molecule has 2 aliphatic rings. The molecule has 1 amide bonds. The molecule has 0 aromatic heterocycles. The third-order valence-corrected chi connectivity index (χ3v) is 3.90. The van der Waals surface area contributed by atoms with Gasteiger partial charge in [0.05, 0.1) is 0 Å². The minimum atomic E-state index is 0.0144. The maximum Gasteiger partial charge on any atom is 0.224 e. The minimum Gasteiger partial charge on any atom is -0.309 e. The van der Waals surface area contributed by atoms with Crippen LogP contribution in [0.25, 0.3) is 0 Å². The molecule has 0 N–H and O–H groups in total. The number of rotatable bonds is 0. The van der Waals surface area contributed by atoms with Crippen LogP contribution in [0.5, 0.6) is 0 Å². The lowest BCUT2D eigenvalue weighted by molar-refractivity contribution is -0.124. The predicted molar refractivity (Wildman–Crippen MR) is 65.0 cm³/mol. The van der Waals surface area contributed by atoms with E-state index in [4.69, 9.17) is 0 Å². The monoisotopic (exact) mass is 229 g/mol. The average Bonchev–Trinajstić information content (AvgIpc) is 2.33. The lowest BCUT2D eigenvalue weighted by atomic mass is 9.75. The van der Waals surface area contributed by atoms with Crippen molar-refractivity contribution in [3.05, 3.63) is 29.8 Å². The number of hydrogen-bond donors (Lipinski definition) is 0. The number of para-hydroxylation sites is 1. The molecule has 1 heterocycles. The molecular formula is C14H15NO2. The Morgan fingerprint density at radius 1 is 1.35 bits per heavy atom. The van der Waals surface area contributed by atoms with Crippen LogP contribution in [0.2, 0.25) is 0 Å². The highest BCUT2D eigenvalue weighted by Gasteiger charge is 2.40. The van der Waals surface area contributed by atoms with Crippen LogP contribution in [-0.4, -0.2) is 17.7 Å². The van der Waals surface area contributed by atoms with Crippen molar-refractivity contribution >= 4 is 17.4 Å². The van der Waals surface area contributed by atoms with Gasteiger partial charge >= 0.3 is 0 Å². The van der Waals surface area contributed by atoms with E-state index in [1.165, 1.54) is 0 Å². The number of Topliss-reactive ketones (excluding diaryl/α,β-unsaturated/α-hetero) is 1. The van der Waals surface area contributed by atoms with E-state index < -0.39 is 0 Å². The lowest BCUT2D eigenvalue weighted by Crippen LogP contribution is -2.47. The highest BCUT2D eigenvalue weighted by molar-refractivity contribution is 5.98. The molecule has 1 aliphatic heterocycles. The van der Waals surface area contributed by atoms with E-state index in [9.17, 15) is 9.59 Å². The van der Waals surface area contributed by atoms with Gasteiger partial charge in [-0.25, -0.2) is 0 Å². The minimum absolute atomic E-state index is 0.0144. The molecule has 0 saturated heterocycles. The summed E-state index contributed by atoms with van der Waals surface area (Å²) >= 11 is 0. The van der Waals surface area contributed by atoms with Crippen molar-refractivity contribution in [1.29, 1.82) is 0 Å². The summed E-state index contributed by atoms with van der Waals surface area (Å²) in [6.07, 6.45) is 2.21. The van der Waals surface area contributed by atoms with Crippen LogP contribution in [0.1, 0.15) is 37.7 Å². The molecule has 0 spiro atoms. The van der Waals surface area contributed by atoms with Gasteiger partial charge in [-0.2, -0.15) is 0 Å². The summed E-state index contributed by atoms with van der Waals surface area (Å²) in [6.45, 7) is 1.60. The Labute approximate surface area is 100 Å². The molecular weight excluding hydrogens is 214 g/mol. The summed E-state index contributed by atoms with van der Waals surface area (Å²) < 4.78 is 0. The Balaban J connectivity index is 2.16. The number of hydrogen-bond acceptors (Lipinski definition) is 2. The molecule has 1 aromatic carbocycles. The fourth-order valence-corrected chi connectivity index (χ4v) is 3.16. The first-order chi connectivity index (χ1) is 8.18. The van der Waals surface area contributed by atoms with Crippen LogP contribution < -0.4 is 4.90 Å². The second-order valence-electron chi connectivity index (χ2n) is 4.89. The van der Waals surface area contributed by atoms with E-state index >= 15 is 0 Å². The molecule has 1 aliphatic carbocycles. The zero-order valence-corrected chi connectivity index (χ0v) is 9.85. The second-order valence-corrected chi connectivity index (χ2v) is 4.89. The zero-order valence-electron chi connectivity index (χ0n) is 9.85. The highest BCUT2D eigenvalue weighted by Crippen LogP contribution is 2.43. The van der Waals surface area contributed by atoms with Crippen molar-refractivity contribution in [2.24, 2.45) is 0 Å². The first-order valence-corrected chi connectivity index (χ1v) is 6.10. The van der Waals surface area contributed by atoms with Crippen LogP contribution >= 0.6 is 0 Å². The van der Waals surface area contributed by atoms with Gasteiger partial charge in [-0.05, 0) is 24.5 Å². The highest BCUT2D eigenvalue weighted by atomic mass is 16.2. The molecule has 0 radical (unpaired) electrons. The number of benzene rings is 1. The van der Waals surface area contributed by atoms with Crippen molar-refractivity contribution in [3.63, 3.8) is 0 Å². The molecule has 2 bridgehead atoms. The Morgan fingerprint density at radius 2 is 2.12 bits per heavy atom. The number of fused-ring (bicyclic) bond motifs is 4. The van der Waals surface area contributed by atoms with Gasteiger partial charge in [0.2, 0.25) is 5.91 Å². The summed E-state index contributed by atoms with van der Waals surface area (Å²) in [5.74, 6) is 0.424. The Morgan fingerprint density at radius 3 is 2.88 bits per heavy atom. The third kappa shape index (κ3) is 1.49. The third-order valence-electron chi connectivity index (χ3n) is 3.90. The summed E-state index contributed by atoms with van der Waals surface area (Å²) in [4.78, 5) is 25.6. The topological polar surface area (TPSA) is 37.4 Å². The van der Waals surface area contributed by atoms with E-state index in [0.29, 0.717) is 12.2 Å². The predicted octanol–water partition coefficient (Wildman–Crippen LogP) is 2.26. The molecule has 3 heteroatoms. The fraction of sp³-hybridized carbons (Fsp3) is 0.429. The number of anilines is 1. The smallest absolute Gasteiger partial charge is 0.224 e. The maximum atomic E-state index is 11.9. The van der Waals surface area contributed by atoms with Gasteiger partial charge in [0, 0.05) is 31.0 Å². The number of amides is 1. The largest absolute Gasteiger partial charge is 0.309 e. The van der Waals surface area contributed by atoms with Crippen molar-refractivity contribution in [1.82, 2.24) is 0 Å². The molecule has 1 aromatic rings. The van der Waals surface area contributed by atoms with Crippen molar-refractivity contribution in [3.8, 4) is 0 Å². The van der Waals surface area contributed by atoms with E-state index in [1.54, 1.807) is 6.92 Å². The summed E-state index contributed by atoms with van der Waals surface area (Å²) in [5.41, 5.74) is 1.97. The number of ketones is 1. The van der Waals surface area contributed by atoms with Gasteiger partial charge in [-0.3, -0.25) is 9.59 Å². The number of carbonyl (C=O) groups excluding carboxylic acids is 2. The van der Waals surface area contributed by atoms with E-state index in [1.807, 2.05) is 29.2 Å². The molecule has 88 valence electrons. The molecule has 1 saturated carbocycles. The van der Waals surface area contributed by atoms with Gasteiger partial charge < -0.3 is 4.90 Å². The summed E-state index contributed by atoms with van der Waals surface area (Å²) in [7, 11) is 0. The molecule has 3 rings (SSSR count). The van der Waals surface area contributed by atoms with Crippen molar-refractivity contribution < 1.29 is 9.59 Å². The van der Waals surface area contributed by atoms with Crippen LogP contribution in [0.4, 0.5) is 5.69 Å². The number of nitrogens with zero attached hydrogens (tertiary/aromatic N) is 1. The van der Waals surface area contributed by atoms with E-state index in [0.717, 1.165) is 24.1 Å². The van der Waals surface area contributed by atoms with Crippen LogP contribution in [0, 0.1) is 0 Å². The van der Waals surface area contributed by atoms with Gasteiger partial charge in [-0.1, -0.05) is 18.2 Å². The van der Waals surface area contributed by atoms with Crippen LogP contribution in [-0.2, 0) is 9.59 Å². The summed E-state index contributed by atoms with van der Waals surface area (Å²) in [5, 5.41) is 0. The number of carbonyl (C=O) groups is 2. The SMILES string of the molecule is CC(=O)N1c2ccccc2[C@@H]2C[C@H]1CCC2=O. The fourth-order valence-electron chi connectivity index (χ4n) is 3.16. The zero-order chi connectivity index (χ0) is 12.0. The molecule has 3 nitrogen and oxygen atoms in total. The van der Waals surface area contributed by atoms with Crippen molar-refractivity contribution in [2.45, 2.75) is 38.1 Å². The first kappa shape index (κ1) is 10.5. The average molecular weight is 229 g/mol. The molecule has 0 unspecified atom stereocenters. The Kier molecular flexibility index (Phi) is 2.28. The standard InChI is InChI=1S/C14H15NO2/c1-9(16)15-10-6-7-14(17)12(8-10)11-4-2-3-5-13(11)15/h2-5,10,12H,6-8H2,1H3/t10-,12+/m1/s1. The second kappa shape index (κ2) is 3.69. The van der Waals surface area contributed by atoms with Crippen molar-refractivity contribution in [2.75, 3.05) is 4.90 Å². The molecule has 2 atom stereocenters. The van der Waals surface area contributed by atoms with E-state index in [2.05, 4.69) is 0 Å². The quantitative estimate of drug-likeness (QED) is 0.684. The summed E-state index contributed by atoms with van der Waals surface area (Å²) in [6, 6.07) is 8.02. The lowest BCUT2D eigenvalue weighted by Gasteiger charge is -2.43. The van der Waals surface area contributed by atoms with Crippen LogP contribution in [0.3, 0.4) is 0 Å². The molecule has 1 fully saturated rings. The van der Waals surface area contributed by atoms with Gasteiger partial charge in [-0.15, -0.1) is 0 Å². The van der Waals surface area contributed by atoms with Gasteiger partial charge in [0.25, 0.3) is 0 Å². The first-order valence-electron chi connectivity index (χ1n) is 6.10. The van der Waals surface area contributed by atoms with Gasteiger partial charge in [0.15, 0.2) is 0 Å². The maximum absolute atomic E-state index is 11.9. The van der Waals surface area contributed by atoms with Gasteiger partial charge in [0.1, 0.15) is 5.78 Å². The van der Waals surface area contributed by atoms with E-state index in [-0.39, 0.29) is 17.9 Å². The van der Waals surface area contributed by atoms with Crippen LogP contribution in [0.15, 0.2) is 24.3 Å². The normalized spacial score (nSPS) is 26.6. The Hall–Kier alpha value is -1.64.